The van der Waals surface area contributed by atoms with Gasteiger partial charge < -0.3 is 9.84 Å². The lowest BCUT2D eigenvalue weighted by atomic mass is 10.4. The molecule has 0 radical (unpaired) electrons. The quantitative estimate of drug-likeness (QED) is 0.728. The van der Waals surface area contributed by atoms with Gasteiger partial charge in [0, 0.05) is 19.9 Å². The average Bonchev–Trinajstić information content (AvgIpc) is 2.64. The molecule has 3 amide bonds. The van der Waals surface area contributed by atoms with Crippen LogP contribution in [-0.4, -0.2) is 34.5 Å². The lowest BCUT2D eigenvalue weighted by molar-refractivity contribution is -0.117. The van der Waals surface area contributed by atoms with Crippen molar-refractivity contribution >= 4 is 23.5 Å². The van der Waals surface area contributed by atoms with E-state index >= 15 is 0 Å². The number of carbonyl (C=O) groups excluding carboxylic acids is 2. The summed E-state index contributed by atoms with van der Waals surface area (Å²) < 4.78 is 4.74. The van der Waals surface area contributed by atoms with Crippen molar-refractivity contribution in [2.45, 2.75) is 13.3 Å². The van der Waals surface area contributed by atoms with Crippen LogP contribution in [0.3, 0.4) is 0 Å². The van der Waals surface area contributed by atoms with Gasteiger partial charge in [-0.05, 0) is 0 Å². The molecule has 1 heterocycles. The van der Waals surface area contributed by atoms with Gasteiger partial charge in [-0.3, -0.25) is 10.1 Å². The topological polar surface area (TPSA) is 97.1 Å². The molecule has 0 aromatic carbocycles. The van der Waals surface area contributed by atoms with Gasteiger partial charge in [0.1, 0.15) is 5.88 Å². The summed E-state index contributed by atoms with van der Waals surface area (Å²) >= 11 is 5.20. The highest BCUT2D eigenvalue weighted by atomic mass is 35.5. The Kier molecular flexibility index (Phi) is 4.71. The number of imide groups is 1. The number of nitrogens with one attached hydrogen (secondary N) is 2. The van der Waals surface area contributed by atoms with Gasteiger partial charge in [-0.15, -0.1) is 11.6 Å². The van der Waals surface area contributed by atoms with Crippen molar-refractivity contribution in [3.05, 3.63) is 11.7 Å². The van der Waals surface area contributed by atoms with Crippen LogP contribution in [0, 0.1) is 6.92 Å². The van der Waals surface area contributed by atoms with Crippen LogP contribution in [0.25, 0.3) is 0 Å². The first-order valence-corrected chi connectivity index (χ1v) is 5.08. The van der Waals surface area contributed by atoms with E-state index in [0.29, 0.717) is 24.7 Å². The van der Waals surface area contributed by atoms with E-state index in [1.807, 2.05) is 5.32 Å². The second kappa shape index (κ2) is 6.06. The van der Waals surface area contributed by atoms with Gasteiger partial charge in [0.15, 0.2) is 5.82 Å². The Balaban J connectivity index is 2.20. The summed E-state index contributed by atoms with van der Waals surface area (Å²) in [5, 5.41) is 8.13. The van der Waals surface area contributed by atoms with Crippen molar-refractivity contribution in [1.29, 1.82) is 0 Å². The van der Waals surface area contributed by atoms with Crippen molar-refractivity contribution in [3.63, 3.8) is 0 Å². The zero-order valence-corrected chi connectivity index (χ0v) is 9.37. The summed E-state index contributed by atoms with van der Waals surface area (Å²) in [5.41, 5.74) is 0. The molecular formula is C8H11ClN4O3. The number of halogens is 1. The van der Waals surface area contributed by atoms with Gasteiger partial charge in [0.2, 0.25) is 11.8 Å². The van der Waals surface area contributed by atoms with Crippen LogP contribution in [0.4, 0.5) is 4.79 Å². The SMILES string of the molecule is Cc1nc(CCNC(=O)NC(=O)CCl)no1. The van der Waals surface area contributed by atoms with Gasteiger partial charge in [0.25, 0.3) is 0 Å². The lowest BCUT2D eigenvalue weighted by Crippen LogP contribution is -2.40. The Morgan fingerprint density at radius 1 is 1.50 bits per heavy atom. The lowest BCUT2D eigenvalue weighted by Gasteiger charge is -2.03. The molecule has 0 saturated heterocycles. The number of urea groups is 1. The molecule has 1 rings (SSSR count). The molecular weight excluding hydrogens is 236 g/mol. The highest BCUT2D eigenvalue weighted by Gasteiger charge is 2.06. The highest BCUT2D eigenvalue weighted by Crippen LogP contribution is 1.94. The van der Waals surface area contributed by atoms with Gasteiger partial charge in [-0.1, -0.05) is 5.16 Å². The van der Waals surface area contributed by atoms with Crippen molar-refractivity contribution in [2.75, 3.05) is 12.4 Å². The van der Waals surface area contributed by atoms with Gasteiger partial charge in [-0.25, -0.2) is 4.79 Å². The highest BCUT2D eigenvalue weighted by molar-refractivity contribution is 6.28. The molecule has 0 fully saturated rings. The number of aryl methyl sites for hydroxylation is 1. The van der Waals surface area contributed by atoms with E-state index in [4.69, 9.17) is 16.1 Å². The summed E-state index contributed by atoms with van der Waals surface area (Å²) in [7, 11) is 0. The Hall–Kier alpha value is -1.63. The fraction of sp³-hybridized carbons (Fsp3) is 0.500. The predicted octanol–water partition coefficient (Wildman–Crippen LogP) is -0.0149. The number of aromatic nitrogens is 2. The van der Waals surface area contributed by atoms with Crippen LogP contribution in [0.1, 0.15) is 11.7 Å². The number of carbonyl (C=O) groups is 2. The number of hydrogen-bond donors (Lipinski definition) is 2. The van der Waals surface area contributed by atoms with Crippen LogP contribution in [0.15, 0.2) is 4.52 Å². The molecule has 2 N–H and O–H groups in total. The molecule has 0 bridgehead atoms. The predicted molar refractivity (Wildman–Crippen MR) is 55.0 cm³/mol. The summed E-state index contributed by atoms with van der Waals surface area (Å²) in [6.45, 7) is 1.98. The van der Waals surface area contributed by atoms with E-state index in [9.17, 15) is 9.59 Å². The zero-order chi connectivity index (χ0) is 12.0. The number of hydrogen-bond acceptors (Lipinski definition) is 5. The first-order valence-electron chi connectivity index (χ1n) is 4.54. The molecule has 8 heteroatoms. The fourth-order valence-electron chi connectivity index (χ4n) is 0.935. The van der Waals surface area contributed by atoms with Crippen LogP contribution < -0.4 is 10.6 Å². The first kappa shape index (κ1) is 12.4. The molecule has 0 aliphatic rings. The van der Waals surface area contributed by atoms with E-state index in [-0.39, 0.29) is 5.88 Å². The standard InChI is InChI=1S/C8H11ClN4O3/c1-5-11-6(13-16-5)2-3-10-8(15)12-7(14)4-9/h2-4H2,1H3,(H2,10,12,14,15). The van der Waals surface area contributed by atoms with Crippen LogP contribution in [0.5, 0.6) is 0 Å². The largest absolute Gasteiger partial charge is 0.340 e. The average molecular weight is 247 g/mol. The molecule has 0 aliphatic heterocycles. The molecule has 0 saturated carbocycles. The Morgan fingerprint density at radius 3 is 2.81 bits per heavy atom. The second-order valence-corrected chi connectivity index (χ2v) is 3.18. The molecule has 1 aromatic heterocycles. The minimum absolute atomic E-state index is 0.253. The first-order chi connectivity index (χ1) is 7.61. The monoisotopic (exact) mass is 246 g/mol. The number of nitrogens with zero attached hydrogens (tertiary/aromatic N) is 2. The summed E-state index contributed by atoms with van der Waals surface area (Å²) in [4.78, 5) is 25.7. The third-order valence-corrected chi connectivity index (χ3v) is 1.82. The maximum Gasteiger partial charge on any atom is 0.321 e. The number of rotatable bonds is 4. The summed E-state index contributed by atoms with van der Waals surface area (Å²) in [5.74, 6) is 0.171. The maximum absolute atomic E-state index is 11.0. The zero-order valence-electron chi connectivity index (χ0n) is 8.62. The number of amides is 3. The Morgan fingerprint density at radius 2 is 2.25 bits per heavy atom. The van der Waals surface area contributed by atoms with Crippen molar-refractivity contribution < 1.29 is 14.1 Å². The molecule has 7 nitrogen and oxygen atoms in total. The van der Waals surface area contributed by atoms with E-state index in [2.05, 4.69) is 15.5 Å². The van der Waals surface area contributed by atoms with Gasteiger partial charge >= 0.3 is 6.03 Å². The molecule has 16 heavy (non-hydrogen) atoms. The van der Waals surface area contributed by atoms with E-state index in [1.165, 1.54) is 0 Å². The van der Waals surface area contributed by atoms with Crippen LogP contribution in [0.2, 0.25) is 0 Å². The minimum Gasteiger partial charge on any atom is -0.340 e. The third kappa shape index (κ3) is 4.26. The minimum atomic E-state index is -0.592. The van der Waals surface area contributed by atoms with Gasteiger partial charge in [-0.2, -0.15) is 4.98 Å². The third-order valence-electron chi connectivity index (χ3n) is 1.58. The van der Waals surface area contributed by atoms with Crippen molar-refractivity contribution in [2.24, 2.45) is 0 Å². The van der Waals surface area contributed by atoms with Crippen LogP contribution >= 0.6 is 11.6 Å². The summed E-state index contributed by atoms with van der Waals surface area (Å²) in [6, 6.07) is -0.592. The fourth-order valence-corrected chi connectivity index (χ4v) is 1.00. The molecule has 0 spiro atoms. The molecule has 88 valence electrons. The van der Waals surface area contributed by atoms with E-state index in [1.54, 1.807) is 6.92 Å². The van der Waals surface area contributed by atoms with Crippen molar-refractivity contribution in [3.8, 4) is 0 Å². The van der Waals surface area contributed by atoms with E-state index < -0.39 is 11.9 Å². The molecule has 0 unspecified atom stereocenters. The maximum atomic E-state index is 11.0. The van der Waals surface area contributed by atoms with Gasteiger partial charge in [0.05, 0.1) is 0 Å². The molecule has 1 aromatic rings. The Bertz CT molecular complexity index is 379. The van der Waals surface area contributed by atoms with Crippen LogP contribution in [-0.2, 0) is 11.2 Å². The Labute approximate surface area is 96.5 Å². The normalized spacial score (nSPS) is 9.88. The summed E-state index contributed by atoms with van der Waals surface area (Å²) in [6.07, 6.45) is 0.430. The van der Waals surface area contributed by atoms with E-state index in [0.717, 1.165) is 0 Å². The molecule has 0 aliphatic carbocycles. The second-order valence-electron chi connectivity index (χ2n) is 2.92. The smallest absolute Gasteiger partial charge is 0.321 e. The molecule has 0 atom stereocenters. The van der Waals surface area contributed by atoms with Crippen molar-refractivity contribution in [1.82, 2.24) is 20.8 Å². The number of alkyl halides is 1.